The number of hydrogen-bond acceptors (Lipinski definition) is 5. The molecule has 1 aromatic carbocycles. The Morgan fingerprint density at radius 2 is 2.14 bits per heavy atom. The first-order valence-electron chi connectivity index (χ1n) is 6.05. The zero-order valence-electron chi connectivity index (χ0n) is 11.5. The fourth-order valence-corrected chi connectivity index (χ4v) is 1.83. The van der Waals surface area contributed by atoms with E-state index in [9.17, 15) is 14.9 Å². The molecule has 0 unspecified atom stereocenters. The largest absolute Gasteiger partial charge is 0.490 e. The van der Waals surface area contributed by atoms with Crippen LogP contribution in [0.2, 0.25) is 0 Å². The van der Waals surface area contributed by atoms with Crippen molar-refractivity contribution < 1.29 is 14.5 Å². The average Bonchev–Trinajstić information content (AvgIpc) is 2.53. The maximum Gasteiger partial charge on any atom is 0.311 e. The lowest BCUT2D eigenvalue weighted by Crippen LogP contribution is -2.26. The molecule has 1 amide bonds. The van der Waals surface area contributed by atoms with E-state index < -0.39 is 4.92 Å². The van der Waals surface area contributed by atoms with Gasteiger partial charge in [0.05, 0.1) is 23.9 Å². The van der Waals surface area contributed by atoms with Crippen molar-refractivity contribution in [2.45, 2.75) is 0 Å². The average molecular weight is 287 g/mol. The van der Waals surface area contributed by atoms with Gasteiger partial charge in [-0.25, -0.2) is 0 Å². The van der Waals surface area contributed by atoms with Gasteiger partial charge in [-0.2, -0.15) is 0 Å². The van der Waals surface area contributed by atoms with Crippen molar-refractivity contribution in [1.29, 1.82) is 0 Å². The third kappa shape index (κ3) is 2.97. The summed E-state index contributed by atoms with van der Waals surface area (Å²) in [6.45, 7) is 0. The molecule has 7 heteroatoms. The summed E-state index contributed by atoms with van der Waals surface area (Å²) >= 11 is 0. The number of methoxy groups -OCH3 is 1. The summed E-state index contributed by atoms with van der Waals surface area (Å²) in [4.78, 5) is 28.1. The summed E-state index contributed by atoms with van der Waals surface area (Å²) in [5.74, 6) is -0.255. The highest BCUT2D eigenvalue weighted by Gasteiger charge is 2.20. The van der Waals surface area contributed by atoms with Crippen LogP contribution in [0.1, 0.15) is 10.4 Å². The number of aromatic nitrogens is 1. The van der Waals surface area contributed by atoms with E-state index in [1.54, 1.807) is 25.4 Å². The SMILES string of the molecule is COc1ccc(C(=O)N(C)c2cccnc2)cc1[N+](=O)[O-]. The van der Waals surface area contributed by atoms with Gasteiger partial charge in [0.25, 0.3) is 5.91 Å². The normalized spacial score (nSPS) is 10.0. The quantitative estimate of drug-likeness (QED) is 0.636. The summed E-state index contributed by atoms with van der Waals surface area (Å²) in [6, 6.07) is 7.52. The number of amides is 1. The number of nitro groups is 1. The van der Waals surface area contributed by atoms with Crippen LogP contribution in [-0.4, -0.2) is 30.0 Å². The molecule has 1 heterocycles. The summed E-state index contributed by atoms with van der Waals surface area (Å²) in [6.07, 6.45) is 3.13. The monoisotopic (exact) mass is 287 g/mol. The van der Waals surface area contributed by atoms with Crippen molar-refractivity contribution in [1.82, 2.24) is 4.98 Å². The number of rotatable bonds is 4. The molecular formula is C14H13N3O4. The molecule has 108 valence electrons. The van der Waals surface area contributed by atoms with E-state index in [1.807, 2.05) is 0 Å². The van der Waals surface area contributed by atoms with E-state index >= 15 is 0 Å². The van der Waals surface area contributed by atoms with Crippen molar-refractivity contribution in [2.24, 2.45) is 0 Å². The third-order valence-electron chi connectivity index (χ3n) is 2.96. The van der Waals surface area contributed by atoms with E-state index in [1.165, 1.54) is 36.4 Å². The lowest BCUT2D eigenvalue weighted by Gasteiger charge is -2.16. The van der Waals surface area contributed by atoms with Crippen molar-refractivity contribution in [2.75, 3.05) is 19.1 Å². The van der Waals surface area contributed by atoms with E-state index in [0.29, 0.717) is 5.69 Å². The van der Waals surface area contributed by atoms with Crippen molar-refractivity contribution >= 4 is 17.3 Å². The molecule has 0 bridgehead atoms. The van der Waals surface area contributed by atoms with Gasteiger partial charge in [0, 0.05) is 24.9 Å². The molecule has 0 fully saturated rings. The van der Waals surface area contributed by atoms with E-state index in [0.717, 1.165) is 0 Å². The Morgan fingerprint density at radius 3 is 2.71 bits per heavy atom. The Balaban J connectivity index is 2.36. The van der Waals surface area contributed by atoms with Crippen LogP contribution >= 0.6 is 0 Å². The number of nitrogens with zero attached hydrogens (tertiary/aromatic N) is 3. The number of ether oxygens (including phenoxy) is 1. The highest BCUT2D eigenvalue weighted by Crippen LogP contribution is 2.28. The summed E-state index contributed by atoms with van der Waals surface area (Å²) in [5.41, 5.74) is 0.553. The van der Waals surface area contributed by atoms with Crippen LogP contribution in [0.3, 0.4) is 0 Å². The molecule has 0 aliphatic heterocycles. The van der Waals surface area contributed by atoms with Crippen LogP contribution in [0.4, 0.5) is 11.4 Å². The second-order valence-corrected chi connectivity index (χ2v) is 4.22. The minimum atomic E-state index is -0.584. The van der Waals surface area contributed by atoms with Gasteiger partial charge in [-0.3, -0.25) is 19.9 Å². The topological polar surface area (TPSA) is 85.6 Å². The predicted octanol–water partition coefficient (Wildman–Crippen LogP) is 2.28. The van der Waals surface area contributed by atoms with Gasteiger partial charge in [0.15, 0.2) is 5.75 Å². The zero-order chi connectivity index (χ0) is 15.4. The molecule has 2 aromatic rings. The van der Waals surface area contributed by atoms with E-state index in [4.69, 9.17) is 4.74 Å². The summed E-state index contributed by atoms with van der Waals surface area (Å²) in [5, 5.41) is 11.0. The Kier molecular flexibility index (Phi) is 4.13. The fourth-order valence-electron chi connectivity index (χ4n) is 1.83. The van der Waals surface area contributed by atoms with Crippen LogP contribution in [-0.2, 0) is 0 Å². The van der Waals surface area contributed by atoms with Gasteiger partial charge in [-0.15, -0.1) is 0 Å². The zero-order valence-corrected chi connectivity index (χ0v) is 11.5. The lowest BCUT2D eigenvalue weighted by molar-refractivity contribution is -0.385. The number of carbonyl (C=O) groups excluding carboxylic acids is 1. The van der Waals surface area contributed by atoms with Gasteiger partial charge >= 0.3 is 5.69 Å². The van der Waals surface area contributed by atoms with Gasteiger partial charge in [-0.05, 0) is 24.3 Å². The first-order valence-corrected chi connectivity index (χ1v) is 6.05. The molecule has 1 aromatic heterocycles. The maximum absolute atomic E-state index is 12.4. The number of anilines is 1. The minimum Gasteiger partial charge on any atom is -0.490 e. The Labute approximate surface area is 120 Å². The Hall–Kier alpha value is -2.96. The van der Waals surface area contributed by atoms with E-state index in [2.05, 4.69) is 4.98 Å². The first-order chi connectivity index (χ1) is 10.0. The van der Waals surface area contributed by atoms with Gasteiger partial charge in [0.1, 0.15) is 0 Å². The maximum atomic E-state index is 12.4. The van der Waals surface area contributed by atoms with Crippen LogP contribution in [0, 0.1) is 10.1 Å². The second kappa shape index (κ2) is 6.00. The van der Waals surface area contributed by atoms with Crippen molar-refractivity contribution in [3.8, 4) is 5.75 Å². The van der Waals surface area contributed by atoms with Crippen LogP contribution in [0.25, 0.3) is 0 Å². The van der Waals surface area contributed by atoms with Crippen LogP contribution < -0.4 is 9.64 Å². The van der Waals surface area contributed by atoms with Gasteiger partial charge < -0.3 is 9.64 Å². The third-order valence-corrected chi connectivity index (χ3v) is 2.96. The molecule has 0 saturated carbocycles. The number of benzene rings is 1. The number of hydrogen-bond donors (Lipinski definition) is 0. The molecule has 0 spiro atoms. The fraction of sp³-hybridized carbons (Fsp3) is 0.143. The molecule has 0 aliphatic rings. The number of nitro benzene ring substituents is 1. The Morgan fingerprint density at radius 1 is 1.38 bits per heavy atom. The molecule has 0 saturated heterocycles. The van der Waals surface area contributed by atoms with Crippen LogP contribution in [0.5, 0.6) is 5.75 Å². The van der Waals surface area contributed by atoms with Gasteiger partial charge in [0.2, 0.25) is 0 Å². The second-order valence-electron chi connectivity index (χ2n) is 4.22. The van der Waals surface area contributed by atoms with Crippen molar-refractivity contribution in [3.05, 3.63) is 58.4 Å². The molecule has 7 nitrogen and oxygen atoms in total. The molecule has 0 N–H and O–H groups in total. The number of pyridine rings is 1. The summed E-state index contributed by atoms with van der Waals surface area (Å²) in [7, 11) is 2.92. The first kappa shape index (κ1) is 14.4. The standard InChI is InChI=1S/C14H13N3O4/c1-16(11-4-3-7-15-9-11)14(18)10-5-6-13(21-2)12(8-10)17(19)20/h3-9H,1-2H3. The predicted molar refractivity (Wildman–Crippen MR) is 76.6 cm³/mol. The molecule has 0 atom stereocenters. The van der Waals surface area contributed by atoms with Crippen molar-refractivity contribution in [3.63, 3.8) is 0 Å². The smallest absolute Gasteiger partial charge is 0.311 e. The Bertz CT molecular complexity index is 673. The highest BCUT2D eigenvalue weighted by atomic mass is 16.6. The lowest BCUT2D eigenvalue weighted by atomic mass is 10.1. The van der Waals surface area contributed by atoms with Crippen LogP contribution in [0.15, 0.2) is 42.7 Å². The molecule has 0 aliphatic carbocycles. The van der Waals surface area contributed by atoms with E-state index in [-0.39, 0.29) is 22.9 Å². The minimum absolute atomic E-state index is 0.112. The molecule has 0 radical (unpaired) electrons. The van der Waals surface area contributed by atoms with Gasteiger partial charge in [-0.1, -0.05) is 0 Å². The highest BCUT2D eigenvalue weighted by molar-refractivity contribution is 6.06. The summed E-state index contributed by atoms with van der Waals surface area (Å²) < 4.78 is 4.91. The molecule has 21 heavy (non-hydrogen) atoms. The molecular weight excluding hydrogens is 274 g/mol. The molecule has 2 rings (SSSR count). The number of carbonyl (C=O) groups is 1.